The first-order valence-electron chi connectivity index (χ1n) is 14.3. The second-order valence-corrected chi connectivity index (χ2v) is 11.5. The molecule has 1 saturated heterocycles. The third kappa shape index (κ3) is 5.10. The number of pyridine rings is 1. The lowest BCUT2D eigenvalue weighted by molar-refractivity contribution is -0.128. The van der Waals surface area contributed by atoms with E-state index in [1.807, 2.05) is 6.07 Å². The first kappa shape index (κ1) is 29.7. The second-order valence-electron chi connectivity index (χ2n) is 11.5. The van der Waals surface area contributed by atoms with Gasteiger partial charge in [0.15, 0.2) is 0 Å². The highest BCUT2D eigenvalue weighted by atomic mass is 19.3. The maximum atomic E-state index is 14.9. The maximum Gasteiger partial charge on any atom is 0.251 e. The number of fused-ring (bicyclic) bond motifs is 1. The number of aromatic nitrogens is 1. The summed E-state index contributed by atoms with van der Waals surface area (Å²) in [4.78, 5) is 35.0. The number of aryl methyl sites for hydroxylation is 1. The van der Waals surface area contributed by atoms with Gasteiger partial charge >= 0.3 is 0 Å². The minimum absolute atomic E-state index is 0.00713. The normalized spacial score (nSPS) is 23.1. The van der Waals surface area contributed by atoms with Gasteiger partial charge in [-0.1, -0.05) is 12.1 Å². The highest BCUT2D eigenvalue weighted by molar-refractivity contribution is 6.09. The zero-order valence-corrected chi connectivity index (χ0v) is 23.8. The Morgan fingerprint density at radius 3 is 2.61 bits per heavy atom. The van der Waals surface area contributed by atoms with Gasteiger partial charge in [0.05, 0.1) is 11.6 Å². The van der Waals surface area contributed by atoms with E-state index in [4.69, 9.17) is 4.74 Å². The number of hydrogen-bond acceptors (Lipinski definition) is 6. The summed E-state index contributed by atoms with van der Waals surface area (Å²) >= 11 is 0. The van der Waals surface area contributed by atoms with Crippen LogP contribution >= 0.6 is 0 Å². The van der Waals surface area contributed by atoms with Crippen molar-refractivity contribution in [3.05, 3.63) is 89.1 Å². The van der Waals surface area contributed by atoms with Crippen LogP contribution in [-0.2, 0) is 26.3 Å². The minimum atomic E-state index is -2.85. The molecule has 8 nitrogen and oxygen atoms in total. The average Bonchev–Trinajstić information content (AvgIpc) is 3.56. The number of ether oxygens (including phenoxy) is 1. The molecule has 1 aliphatic heterocycles. The molecule has 1 saturated carbocycles. The molecule has 0 spiro atoms. The van der Waals surface area contributed by atoms with Crippen LogP contribution in [0.4, 0.5) is 29.1 Å². The predicted molar refractivity (Wildman–Crippen MR) is 152 cm³/mol. The van der Waals surface area contributed by atoms with Crippen molar-refractivity contribution in [2.24, 2.45) is 0 Å². The van der Waals surface area contributed by atoms with Crippen molar-refractivity contribution in [1.82, 2.24) is 10.3 Å². The van der Waals surface area contributed by atoms with Crippen LogP contribution < -0.4 is 15.1 Å². The number of carbonyl (C=O) groups is 2. The summed E-state index contributed by atoms with van der Waals surface area (Å²) < 4.78 is 63.5. The van der Waals surface area contributed by atoms with E-state index in [-0.39, 0.29) is 36.3 Å². The number of amides is 2. The van der Waals surface area contributed by atoms with Gasteiger partial charge in [-0.2, -0.15) is 5.26 Å². The maximum absolute atomic E-state index is 14.9. The highest BCUT2D eigenvalue weighted by Crippen LogP contribution is 2.49. The van der Waals surface area contributed by atoms with Gasteiger partial charge in [-0.05, 0) is 72.9 Å². The van der Waals surface area contributed by atoms with Crippen LogP contribution in [-0.4, -0.2) is 48.1 Å². The van der Waals surface area contributed by atoms with Crippen LogP contribution in [0.5, 0.6) is 0 Å². The van der Waals surface area contributed by atoms with Crippen LogP contribution in [0, 0.1) is 23.0 Å². The number of nitrogens with one attached hydrogen (secondary N) is 1. The van der Waals surface area contributed by atoms with Gasteiger partial charge in [-0.3, -0.25) is 24.7 Å². The molecule has 228 valence electrons. The van der Waals surface area contributed by atoms with Crippen molar-refractivity contribution in [3.63, 3.8) is 0 Å². The fourth-order valence-corrected chi connectivity index (χ4v) is 6.79. The van der Waals surface area contributed by atoms with Crippen LogP contribution in [0.2, 0.25) is 0 Å². The van der Waals surface area contributed by atoms with Crippen LogP contribution in [0.1, 0.15) is 48.8 Å². The molecule has 2 fully saturated rings. The molecule has 2 heterocycles. The third-order valence-corrected chi connectivity index (χ3v) is 8.76. The van der Waals surface area contributed by atoms with Gasteiger partial charge in [0.2, 0.25) is 5.91 Å². The second kappa shape index (κ2) is 11.3. The molecule has 1 aromatic heterocycles. The van der Waals surface area contributed by atoms with E-state index in [0.717, 1.165) is 6.07 Å². The first-order chi connectivity index (χ1) is 21.1. The Bertz CT molecular complexity index is 1650. The van der Waals surface area contributed by atoms with Gasteiger partial charge < -0.3 is 4.74 Å². The van der Waals surface area contributed by atoms with E-state index in [0.29, 0.717) is 17.5 Å². The summed E-state index contributed by atoms with van der Waals surface area (Å²) in [5, 5.41) is 12.6. The molecule has 2 aromatic carbocycles. The number of nitrogens with zero attached hydrogens (tertiary/aromatic N) is 4. The Hall–Kier alpha value is -4.34. The number of benzene rings is 2. The zero-order valence-electron chi connectivity index (χ0n) is 23.8. The lowest BCUT2D eigenvalue weighted by atomic mass is 9.82. The van der Waals surface area contributed by atoms with Gasteiger partial charge in [0.1, 0.15) is 35.3 Å². The zero-order chi connectivity index (χ0) is 31.2. The van der Waals surface area contributed by atoms with Gasteiger partial charge in [-0.25, -0.2) is 22.5 Å². The number of alkyl halides is 2. The summed E-state index contributed by atoms with van der Waals surface area (Å²) in [5.41, 5.74) is -0.0677. The van der Waals surface area contributed by atoms with Crippen molar-refractivity contribution in [2.75, 3.05) is 16.9 Å². The minimum Gasteiger partial charge on any atom is -0.364 e. The van der Waals surface area contributed by atoms with Crippen molar-refractivity contribution >= 4 is 23.3 Å². The molecule has 2 aliphatic carbocycles. The van der Waals surface area contributed by atoms with E-state index in [1.54, 1.807) is 6.07 Å². The Balaban J connectivity index is 1.52. The van der Waals surface area contributed by atoms with E-state index in [9.17, 15) is 32.4 Å². The molecule has 2 amide bonds. The molecular formula is C32H29F4N5O3. The van der Waals surface area contributed by atoms with Crippen molar-refractivity contribution < 1.29 is 31.9 Å². The van der Waals surface area contributed by atoms with Gasteiger partial charge in [0, 0.05) is 44.3 Å². The molecule has 3 aromatic rings. The van der Waals surface area contributed by atoms with Gasteiger partial charge in [0.25, 0.3) is 11.8 Å². The first-order valence-corrected chi connectivity index (χ1v) is 14.3. The van der Waals surface area contributed by atoms with Crippen molar-refractivity contribution in [3.8, 4) is 6.07 Å². The number of carbonyl (C=O) groups excluding carboxylic acids is 2. The highest BCUT2D eigenvalue weighted by Gasteiger charge is 2.57. The molecule has 44 heavy (non-hydrogen) atoms. The van der Waals surface area contributed by atoms with E-state index < -0.39 is 66.1 Å². The Morgan fingerprint density at radius 1 is 1.14 bits per heavy atom. The molecule has 1 N–H and O–H groups in total. The third-order valence-electron chi connectivity index (χ3n) is 8.76. The average molecular weight is 608 g/mol. The molecule has 12 heteroatoms. The molecule has 3 atom stereocenters. The van der Waals surface area contributed by atoms with Crippen LogP contribution in [0.3, 0.4) is 0 Å². The monoisotopic (exact) mass is 607 g/mol. The molecule has 3 aliphatic rings. The number of methoxy groups -OCH3 is 1. The summed E-state index contributed by atoms with van der Waals surface area (Å²) in [5.74, 6) is -4.98. The quantitative estimate of drug-likeness (QED) is 0.287. The summed E-state index contributed by atoms with van der Waals surface area (Å²) in [7, 11) is 1.37. The van der Waals surface area contributed by atoms with Crippen molar-refractivity contribution in [2.45, 2.75) is 68.3 Å². The number of anilines is 2. The summed E-state index contributed by atoms with van der Waals surface area (Å²) in [6, 6.07) is 12.6. The largest absolute Gasteiger partial charge is 0.364 e. The van der Waals surface area contributed by atoms with Gasteiger partial charge in [-0.15, -0.1) is 0 Å². The smallest absolute Gasteiger partial charge is 0.251 e. The van der Waals surface area contributed by atoms with Crippen molar-refractivity contribution in [1.29, 1.82) is 5.26 Å². The fourth-order valence-electron chi connectivity index (χ4n) is 6.79. The molecule has 0 bridgehead atoms. The Labute approximate surface area is 251 Å². The number of halogens is 4. The molecule has 0 radical (unpaired) electrons. The molecule has 6 rings (SSSR count). The molecular weight excluding hydrogens is 578 g/mol. The van der Waals surface area contributed by atoms with Crippen LogP contribution in [0.15, 0.2) is 60.8 Å². The van der Waals surface area contributed by atoms with E-state index in [1.165, 1.54) is 65.6 Å². The standard InChI is InChI=1S/C32H29F4N5O3/c1-44-30(39-23-16-31(35,36)17-23)32(11-9-20-5-6-22(34)15-25(20)32)41(24-4-2-3-21(33)14-24)29(43)26-7-8-28(42)40(26)27-13-19(18-37)10-12-38-27/h2-6,10,12-15,23,26,30,39H,7-9,11,16-17H2,1H3/t26-,30?,32+/m0/s1. The number of nitriles is 1. The molecule has 1 unspecified atom stereocenters. The topological polar surface area (TPSA) is 98.6 Å². The fraction of sp³-hybridized carbons (Fsp3) is 0.375. The lowest BCUT2D eigenvalue weighted by Gasteiger charge is -2.50. The Kier molecular flexibility index (Phi) is 7.63. The summed E-state index contributed by atoms with van der Waals surface area (Å²) in [6.45, 7) is 0. The predicted octanol–water partition coefficient (Wildman–Crippen LogP) is 4.96. The summed E-state index contributed by atoms with van der Waals surface area (Å²) in [6.07, 6.45) is 0.0202. The lowest BCUT2D eigenvalue weighted by Crippen LogP contribution is -2.66. The SMILES string of the molecule is COC(NC1CC(F)(F)C1)[C@@]1(N(C(=O)[C@@H]2CCC(=O)N2c2cc(C#N)ccn2)c2cccc(F)c2)CCc2ccc(F)cc21. The van der Waals surface area contributed by atoms with Crippen LogP contribution in [0.25, 0.3) is 0 Å². The number of rotatable bonds is 8. The van der Waals surface area contributed by atoms with E-state index >= 15 is 0 Å². The Morgan fingerprint density at radius 2 is 1.91 bits per heavy atom. The van der Waals surface area contributed by atoms with E-state index in [2.05, 4.69) is 10.3 Å². The number of hydrogen-bond donors (Lipinski definition) is 1.